The zero-order valence-corrected chi connectivity index (χ0v) is 11.5. The van der Waals surface area contributed by atoms with Crippen LogP contribution in [0.4, 0.5) is 0 Å². The maximum Gasteiger partial charge on any atom is 0.224 e. The van der Waals surface area contributed by atoms with Crippen molar-refractivity contribution in [1.82, 2.24) is 10.3 Å². The first-order chi connectivity index (χ1) is 8.04. The molecule has 0 aliphatic heterocycles. The molecule has 1 aromatic heterocycles. The summed E-state index contributed by atoms with van der Waals surface area (Å²) in [7, 11) is 0. The number of nitrogens with zero attached hydrogens (tertiary/aromatic N) is 1. The lowest BCUT2D eigenvalue weighted by molar-refractivity contribution is -0.124. The van der Waals surface area contributed by atoms with Crippen molar-refractivity contribution in [2.75, 3.05) is 6.54 Å². The second-order valence-corrected chi connectivity index (χ2v) is 5.22. The van der Waals surface area contributed by atoms with E-state index in [9.17, 15) is 4.79 Å². The summed E-state index contributed by atoms with van der Waals surface area (Å²) in [5, 5.41) is 6.09. The molecular weight excluding hydrogens is 234 g/mol. The van der Waals surface area contributed by atoms with E-state index in [0.717, 1.165) is 23.5 Å². The Morgan fingerprint density at radius 2 is 2.29 bits per heavy atom. The Hall–Kier alpha value is -0.940. The van der Waals surface area contributed by atoms with E-state index in [2.05, 4.69) is 22.6 Å². The molecule has 17 heavy (non-hydrogen) atoms. The largest absolute Gasteiger partial charge is 0.355 e. The minimum atomic E-state index is -0.142. The number of amides is 1. The fourth-order valence-electron chi connectivity index (χ4n) is 1.34. The first kappa shape index (κ1) is 14.1. The quantitative estimate of drug-likeness (QED) is 0.806. The van der Waals surface area contributed by atoms with Gasteiger partial charge in [-0.3, -0.25) is 4.79 Å². The summed E-state index contributed by atoms with van der Waals surface area (Å²) in [6.45, 7) is 6.41. The maximum absolute atomic E-state index is 11.6. The second-order valence-electron chi connectivity index (χ2n) is 4.27. The molecule has 0 aliphatic rings. The average Bonchev–Trinajstić information content (AvgIpc) is 2.75. The van der Waals surface area contributed by atoms with Gasteiger partial charge in [0, 0.05) is 30.3 Å². The summed E-state index contributed by atoms with van der Waals surface area (Å²) in [5.74, 6) is -0.123. The van der Waals surface area contributed by atoms with Gasteiger partial charge in [0.05, 0.1) is 10.7 Å². The monoisotopic (exact) mass is 255 g/mol. The normalized spacial score (nSPS) is 14.4. The molecule has 1 aromatic rings. The summed E-state index contributed by atoms with van der Waals surface area (Å²) in [4.78, 5) is 16.1. The van der Waals surface area contributed by atoms with Gasteiger partial charge in [0.2, 0.25) is 5.91 Å². The minimum Gasteiger partial charge on any atom is -0.355 e. The smallest absolute Gasteiger partial charge is 0.224 e. The molecule has 0 saturated heterocycles. The van der Waals surface area contributed by atoms with Crippen molar-refractivity contribution < 1.29 is 4.79 Å². The van der Waals surface area contributed by atoms with E-state index >= 15 is 0 Å². The Labute approximate surface area is 107 Å². The molecule has 1 amide bonds. The van der Waals surface area contributed by atoms with E-state index < -0.39 is 0 Å². The van der Waals surface area contributed by atoms with Gasteiger partial charge in [-0.25, -0.2) is 4.98 Å². The number of hydrogen-bond acceptors (Lipinski definition) is 4. The van der Waals surface area contributed by atoms with Crippen LogP contribution in [0, 0.1) is 5.92 Å². The summed E-state index contributed by atoms with van der Waals surface area (Å²) < 4.78 is 0. The lowest BCUT2D eigenvalue weighted by atomic mass is 10.0. The molecule has 1 heterocycles. The topological polar surface area (TPSA) is 68.0 Å². The Bertz CT molecular complexity index is 362. The first-order valence-corrected chi connectivity index (χ1v) is 6.89. The first-order valence-electron chi connectivity index (χ1n) is 6.01. The number of aryl methyl sites for hydroxylation is 1. The minimum absolute atomic E-state index is 0.0194. The van der Waals surface area contributed by atoms with Crippen molar-refractivity contribution >= 4 is 17.2 Å². The van der Waals surface area contributed by atoms with Gasteiger partial charge in [0.25, 0.3) is 0 Å². The molecular formula is C12H21N3OS. The fraction of sp³-hybridized carbons (Fsp3) is 0.667. The van der Waals surface area contributed by atoms with Gasteiger partial charge in [0.1, 0.15) is 0 Å². The summed E-state index contributed by atoms with van der Waals surface area (Å²) in [5.41, 5.74) is 6.73. The highest BCUT2D eigenvalue weighted by molar-refractivity contribution is 7.09. The number of thiazole rings is 1. The molecule has 0 aliphatic carbocycles. The van der Waals surface area contributed by atoms with Crippen LogP contribution in [0.2, 0.25) is 0 Å². The van der Waals surface area contributed by atoms with E-state index in [-0.39, 0.29) is 17.9 Å². The van der Waals surface area contributed by atoms with Crippen molar-refractivity contribution in [1.29, 1.82) is 0 Å². The van der Waals surface area contributed by atoms with Crippen LogP contribution < -0.4 is 11.1 Å². The number of hydrogen-bond donors (Lipinski definition) is 2. The van der Waals surface area contributed by atoms with Crippen LogP contribution in [0.25, 0.3) is 0 Å². The zero-order valence-electron chi connectivity index (χ0n) is 10.7. The average molecular weight is 255 g/mol. The summed E-state index contributed by atoms with van der Waals surface area (Å²) in [6, 6.07) is -0.110. The summed E-state index contributed by atoms with van der Waals surface area (Å²) >= 11 is 1.68. The Balaban J connectivity index is 2.30. The number of rotatable bonds is 6. The Morgan fingerprint density at radius 1 is 1.59 bits per heavy atom. The predicted octanol–water partition coefficient (Wildman–Crippen LogP) is 1.35. The van der Waals surface area contributed by atoms with Gasteiger partial charge in [-0.15, -0.1) is 11.3 Å². The molecule has 4 nitrogen and oxygen atoms in total. The number of carbonyl (C=O) groups excluding carboxylic acids is 1. The van der Waals surface area contributed by atoms with Crippen LogP contribution in [0.3, 0.4) is 0 Å². The standard InChI is InChI=1S/C12H21N3OS/c1-4-11-15-10(7-17-11)5-6-14-12(16)8(2)9(3)13/h7-9H,4-6,13H2,1-3H3,(H,14,16). The van der Waals surface area contributed by atoms with Crippen LogP contribution in [-0.4, -0.2) is 23.5 Å². The Kier molecular flexibility index (Phi) is 5.58. The molecule has 0 spiro atoms. The number of aromatic nitrogens is 1. The molecule has 0 saturated carbocycles. The van der Waals surface area contributed by atoms with Gasteiger partial charge in [-0.05, 0) is 13.3 Å². The van der Waals surface area contributed by atoms with Crippen LogP contribution in [0.1, 0.15) is 31.5 Å². The van der Waals surface area contributed by atoms with Crippen molar-refractivity contribution in [3.63, 3.8) is 0 Å². The molecule has 2 unspecified atom stereocenters. The molecule has 96 valence electrons. The van der Waals surface area contributed by atoms with Gasteiger partial charge in [0.15, 0.2) is 0 Å². The van der Waals surface area contributed by atoms with Gasteiger partial charge < -0.3 is 11.1 Å². The molecule has 0 radical (unpaired) electrons. The van der Waals surface area contributed by atoms with Gasteiger partial charge in [-0.2, -0.15) is 0 Å². The lowest BCUT2D eigenvalue weighted by Gasteiger charge is -2.14. The van der Waals surface area contributed by atoms with E-state index in [1.807, 2.05) is 13.8 Å². The number of nitrogens with two attached hydrogens (primary N) is 1. The summed E-state index contributed by atoms with van der Waals surface area (Å²) in [6.07, 6.45) is 1.76. The van der Waals surface area contributed by atoms with Crippen molar-refractivity contribution in [2.45, 2.75) is 39.7 Å². The third-order valence-corrected chi connectivity index (χ3v) is 3.83. The molecule has 0 bridgehead atoms. The molecule has 0 aromatic carbocycles. The van der Waals surface area contributed by atoms with Crippen molar-refractivity contribution in [3.8, 4) is 0 Å². The van der Waals surface area contributed by atoms with Crippen LogP contribution in [0.15, 0.2) is 5.38 Å². The highest BCUT2D eigenvalue weighted by Gasteiger charge is 2.16. The molecule has 0 fully saturated rings. The molecule has 5 heteroatoms. The number of nitrogens with one attached hydrogen (secondary N) is 1. The van der Waals surface area contributed by atoms with Crippen molar-refractivity contribution in [2.24, 2.45) is 11.7 Å². The van der Waals surface area contributed by atoms with Gasteiger partial charge >= 0.3 is 0 Å². The third-order valence-electron chi connectivity index (χ3n) is 2.78. The fourth-order valence-corrected chi connectivity index (χ4v) is 2.12. The van der Waals surface area contributed by atoms with E-state index in [1.54, 1.807) is 11.3 Å². The van der Waals surface area contributed by atoms with Gasteiger partial charge in [-0.1, -0.05) is 13.8 Å². The van der Waals surface area contributed by atoms with E-state index in [4.69, 9.17) is 5.73 Å². The zero-order chi connectivity index (χ0) is 12.8. The SMILES string of the molecule is CCc1nc(CCNC(=O)C(C)C(C)N)cs1. The van der Waals surface area contributed by atoms with E-state index in [1.165, 1.54) is 0 Å². The molecule has 3 N–H and O–H groups in total. The molecule has 2 atom stereocenters. The highest BCUT2D eigenvalue weighted by Crippen LogP contribution is 2.10. The van der Waals surface area contributed by atoms with E-state index in [0.29, 0.717) is 6.54 Å². The highest BCUT2D eigenvalue weighted by atomic mass is 32.1. The van der Waals surface area contributed by atoms with Crippen LogP contribution in [-0.2, 0) is 17.6 Å². The lowest BCUT2D eigenvalue weighted by Crippen LogP contribution is -2.39. The molecule has 1 rings (SSSR count). The Morgan fingerprint density at radius 3 is 2.82 bits per heavy atom. The van der Waals surface area contributed by atoms with Crippen LogP contribution in [0.5, 0.6) is 0 Å². The third kappa shape index (κ3) is 4.44. The maximum atomic E-state index is 11.6. The van der Waals surface area contributed by atoms with Crippen LogP contribution >= 0.6 is 11.3 Å². The second kappa shape index (κ2) is 6.71. The predicted molar refractivity (Wildman–Crippen MR) is 71.0 cm³/mol. The number of carbonyl (C=O) groups is 1. The van der Waals surface area contributed by atoms with Crippen molar-refractivity contribution in [3.05, 3.63) is 16.1 Å².